The van der Waals surface area contributed by atoms with Gasteiger partial charge in [0, 0.05) is 6.54 Å². The van der Waals surface area contributed by atoms with Crippen LogP contribution in [0, 0.1) is 16.7 Å². The maximum atomic E-state index is 12.1. The molecule has 0 spiro atoms. The number of carbonyl (C=O) groups excluding carboxylic acids is 2. The monoisotopic (exact) mass is 223 g/mol. The van der Waals surface area contributed by atoms with E-state index in [1.54, 1.807) is 13.8 Å². The van der Waals surface area contributed by atoms with Crippen LogP contribution in [0.5, 0.6) is 0 Å². The molecule has 16 heavy (non-hydrogen) atoms. The van der Waals surface area contributed by atoms with Gasteiger partial charge in [-0.05, 0) is 33.1 Å². The van der Waals surface area contributed by atoms with Gasteiger partial charge in [0.2, 0.25) is 11.8 Å². The van der Waals surface area contributed by atoms with Crippen LogP contribution in [-0.4, -0.2) is 29.3 Å². The van der Waals surface area contributed by atoms with Crippen molar-refractivity contribution in [1.82, 2.24) is 4.90 Å². The molecular weight excluding hydrogens is 206 g/mol. The van der Waals surface area contributed by atoms with E-state index >= 15 is 0 Å². The molecule has 0 aromatic rings. The first-order valence-corrected chi connectivity index (χ1v) is 5.42. The van der Waals surface area contributed by atoms with Gasteiger partial charge in [0.25, 0.3) is 0 Å². The van der Waals surface area contributed by atoms with Crippen molar-refractivity contribution in [3.05, 3.63) is 0 Å². The molecule has 1 aliphatic heterocycles. The van der Waals surface area contributed by atoms with Gasteiger partial charge in [-0.25, -0.2) is 0 Å². The Morgan fingerprint density at radius 1 is 1.44 bits per heavy atom. The number of amides is 2. The van der Waals surface area contributed by atoms with E-state index < -0.39 is 17.4 Å². The van der Waals surface area contributed by atoms with Crippen molar-refractivity contribution >= 4 is 11.8 Å². The predicted octanol–water partition coefficient (Wildman–Crippen LogP) is 0.403. The van der Waals surface area contributed by atoms with E-state index in [0.29, 0.717) is 13.0 Å². The smallest absolute Gasteiger partial charge is 0.243 e. The Kier molecular flexibility index (Phi) is 3.53. The van der Waals surface area contributed by atoms with Crippen LogP contribution in [0.3, 0.4) is 0 Å². The lowest BCUT2D eigenvalue weighted by atomic mass is 9.90. The van der Waals surface area contributed by atoms with Crippen molar-refractivity contribution in [3.63, 3.8) is 0 Å². The van der Waals surface area contributed by atoms with Crippen LogP contribution in [0.25, 0.3) is 0 Å². The molecule has 0 saturated carbocycles. The number of hydrogen-bond acceptors (Lipinski definition) is 3. The Hall–Kier alpha value is -1.57. The minimum Gasteiger partial charge on any atom is -0.368 e. The molecule has 1 fully saturated rings. The first-order valence-electron chi connectivity index (χ1n) is 5.42. The van der Waals surface area contributed by atoms with Gasteiger partial charge in [0.1, 0.15) is 11.5 Å². The zero-order chi connectivity index (χ0) is 12.3. The number of primary amides is 1. The van der Waals surface area contributed by atoms with Gasteiger partial charge < -0.3 is 10.6 Å². The van der Waals surface area contributed by atoms with E-state index in [4.69, 9.17) is 11.0 Å². The molecule has 1 rings (SSSR count). The molecule has 2 amide bonds. The summed E-state index contributed by atoms with van der Waals surface area (Å²) in [5.41, 5.74) is 4.17. The zero-order valence-corrected chi connectivity index (χ0v) is 9.69. The van der Waals surface area contributed by atoms with Crippen molar-refractivity contribution in [1.29, 1.82) is 5.26 Å². The van der Waals surface area contributed by atoms with Gasteiger partial charge in [-0.3, -0.25) is 9.59 Å². The highest BCUT2D eigenvalue weighted by Crippen LogP contribution is 2.24. The molecule has 0 aromatic carbocycles. The molecule has 2 N–H and O–H groups in total. The number of nitrogens with two attached hydrogens (primary N) is 1. The fourth-order valence-corrected chi connectivity index (χ4v) is 1.88. The average molecular weight is 223 g/mol. The van der Waals surface area contributed by atoms with Crippen LogP contribution >= 0.6 is 0 Å². The Morgan fingerprint density at radius 3 is 2.56 bits per heavy atom. The Balaban J connectivity index is 2.89. The number of piperidine rings is 1. The van der Waals surface area contributed by atoms with E-state index in [1.807, 2.05) is 6.07 Å². The van der Waals surface area contributed by atoms with Crippen molar-refractivity contribution < 1.29 is 9.59 Å². The molecule has 1 aliphatic rings. The van der Waals surface area contributed by atoms with E-state index in [2.05, 4.69) is 0 Å². The topological polar surface area (TPSA) is 87.2 Å². The number of nitrogens with zero attached hydrogens (tertiary/aromatic N) is 2. The van der Waals surface area contributed by atoms with Crippen LogP contribution in [0.2, 0.25) is 0 Å². The second-order valence-corrected chi connectivity index (χ2v) is 4.65. The number of carbonyl (C=O) groups is 2. The maximum Gasteiger partial charge on any atom is 0.243 e. The highest BCUT2D eigenvalue weighted by molar-refractivity contribution is 5.90. The lowest BCUT2D eigenvalue weighted by Crippen LogP contribution is -2.53. The summed E-state index contributed by atoms with van der Waals surface area (Å²) in [7, 11) is 0. The highest BCUT2D eigenvalue weighted by Gasteiger charge is 2.38. The first-order chi connectivity index (χ1) is 7.40. The second kappa shape index (κ2) is 4.52. The van der Waals surface area contributed by atoms with Crippen molar-refractivity contribution in [2.45, 2.75) is 39.2 Å². The molecule has 5 nitrogen and oxygen atoms in total. The van der Waals surface area contributed by atoms with Gasteiger partial charge in [-0.2, -0.15) is 5.26 Å². The molecule has 0 aromatic heterocycles. The second-order valence-electron chi connectivity index (χ2n) is 4.65. The molecule has 0 radical (unpaired) electrons. The minimum absolute atomic E-state index is 0.307. The van der Waals surface area contributed by atoms with E-state index in [9.17, 15) is 9.59 Å². The first kappa shape index (κ1) is 12.5. The summed E-state index contributed by atoms with van der Waals surface area (Å²) in [5, 5.41) is 8.91. The highest BCUT2D eigenvalue weighted by atomic mass is 16.2. The third kappa shape index (κ3) is 2.32. The summed E-state index contributed by atoms with van der Waals surface area (Å²) >= 11 is 0. The van der Waals surface area contributed by atoms with Crippen molar-refractivity contribution in [2.24, 2.45) is 11.1 Å². The Morgan fingerprint density at radius 2 is 2.06 bits per heavy atom. The summed E-state index contributed by atoms with van der Waals surface area (Å²) in [6, 6.07) is 1.41. The molecular formula is C11H17N3O2. The van der Waals surface area contributed by atoms with Gasteiger partial charge in [-0.1, -0.05) is 0 Å². The fraction of sp³-hybridized carbons (Fsp3) is 0.727. The zero-order valence-electron chi connectivity index (χ0n) is 9.69. The maximum absolute atomic E-state index is 12.1. The molecule has 0 aliphatic carbocycles. The Labute approximate surface area is 95.2 Å². The standard InChI is InChI=1S/C11H17N3O2/c1-11(2,7-12)10(16)14-6-4-3-5-8(14)9(13)15/h8H,3-6H2,1-2H3,(H2,13,15). The SMILES string of the molecule is CC(C)(C#N)C(=O)N1CCCCC1C(N)=O. The van der Waals surface area contributed by atoms with Gasteiger partial charge in [0.15, 0.2) is 0 Å². The molecule has 1 unspecified atom stereocenters. The van der Waals surface area contributed by atoms with E-state index in [1.165, 1.54) is 4.90 Å². The third-order valence-corrected chi connectivity index (χ3v) is 2.91. The largest absolute Gasteiger partial charge is 0.368 e. The lowest BCUT2D eigenvalue weighted by Gasteiger charge is -2.36. The third-order valence-electron chi connectivity index (χ3n) is 2.91. The van der Waals surface area contributed by atoms with E-state index in [-0.39, 0.29) is 5.91 Å². The summed E-state index contributed by atoms with van der Waals surface area (Å²) in [4.78, 5) is 24.7. The number of hydrogen-bond donors (Lipinski definition) is 1. The van der Waals surface area contributed by atoms with Crippen LogP contribution in [-0.2, 0) is 9.59 Å². The summed E-state index contributed by atoms with van der Waals surface area (Å²) < 4.78 is 0. The van der Waals surface area contributed by atoms with Crippen molar-refractivity contribution in [2.75, 3.05) is 6.54 Å². The summed E-state index contributed by atoms with van der Waals surface area (Å²) in [6.45, 7) is 3.63. The van der Waals surface area contributed by atoms with Crippen LogP contribution < -0.4 is 5.73 Å². The summed E-state index contributed by atoms with van der Waals surface area (Å²) in [5.74, 6) is -0.791. The lowest BCUT2D eigenvalue weighted by molar-refractivity contribution is -0.146. The molecule has 88 valence electrons. The van der Waals surface area contributed by atoms with E-state index in [0.717, 1.165) is 12.8 Å². The fourth-order valence-electron chi connectivity index (χ4n) is 1.88. The van der Waals surface area contributed by atoms with Crippen LogP contribution in [0.15, 0.2) is 0 Å². The number of likely N-dealkylation sites (tertiary alicyclic amines) is 1. The quantitative estimate of drug-likeness (QED) is 0.735. The van der Waals surface area contributed by atoms with Crippen LogP contribution in [0.4, 0.5) is 0 Å². The number of rotatable bonds is 2. The molecule has 1 atom stereocenters. The molecule has 0 bridgehead atoms. The summed E-state index contributed by atoms with van der Waals surface area (Å²) in [6.07, 6.45) is 2.35. The van der Waals surface area contributed by atoms with Gasteiger partial charge >= 0.3 is 0 Å². The Bertz CT molecular complexity index is 344. The molecule has 5 heteroatoms. The molecule has 1 heterocycles. The number of nitriles is 1. The average Bonchev–Trinajstić information content (AvgIpc) is 2.28. The minimum atomic E-state index is -1.09. The van der Waals surface area contributed by atoms with Crippen molar-refractivity contribution in [3.8, 4) is 6.07 Å². The van der Waals surface area contributed by atoms with Gasteiger partial charge in [0.05, 0.1) is 6.07 Å². The van der Waals surface area contributed by atoms with Crippen LogP contribution in [0.1, 0.15) is 33.1 Å². The normalized spacial score (nSPS) is 21.3. The van der Waals surface area contributed by atoms with Gasteiger partial charge in [-0.15, -0.1) is 0 Å². The predicted molar refractivity (Wildman–Crippen MR) is 57.9 cm³/mol. The molecule has 1 saturated heterocycles.